The molecule has 0 fully saturated rings. The average molecular weight is 378 g/mol. The maximum Gasteiger partial charge on any atom is 0.342 e. The molecule has 0 N–H and O–H groups in total. The van der Waals surface area contributed by atoms with Crippen LogP contribution < -0.4 is 9.47 Å². The van der Waals surface area contributed by atoms with Gasteiger partial charge in [-0.15, -0.1) is 0 Å². The largest absolute Gasteiger partial charge is 0.462 e. The van der Waals surface area contributed by atoms with Crippen molar-refractivity contribution < 1.29 is 28.6 Å². The fourth-order valence-corrected chi connectivity index (χ4v) is 2.62. The van der Waals surface area contributed by atoms with Crippen LogP contribution in [0.4, 0.5) is 0 Å². The summed E-state index contributed by atoms with van der Waals surface area (Å²) in [5.74, 6) is -1.39. The van der Waals surface area contributed by atoms with E-state index in [1.165, 1.54) is 64.2 Å². The van der Waals surface area contributed by atoms with Crippen molar-refractivity contribution in [2.24, 2.45) is 0 Å². The highest BCUT2D eigenvalue weighted by molar-refractivity contribution is 5.94. The number of unbranched alkanes of at least 4 members (excludes halogenated alkanes) is 7. The summed E-state index contributed by atoms with van der Waals surface area (Å²) in [6.07, 6.45) is 9.18. The third-order valence-electron chi connectivity index (χ3n) is 3.92. The molecule has 0 aliphatic heterocycles. The van der Waals surface area contributed by atoms with Crippen molar-refractivity contribution in [3.63, 3.8) is 0 Å². The van der Waals surface area contributed by atoms with Crippen molar-refractivity contribution in [2.75, 3.05) is 6.61 Å². The molecule has 1 aromatic carbocycles. The third kappa shape index (κ3) is 9.78. The second kappa shape index (κ2) is 12.9. The van der Waals surface area contributed by atoms with Gasteiger partial charge in [0.05, 0.1) is 6.61 Å². The van der Waals surface area contributed by atoms with Crippen LogP contribution in [0.2, 0.25) is 0 Å². The molecule has 0 radical (unpaired) electrons. The first kappa shape index (κ1) is 22.7. The molecule has 0 bridgehead atoms. The summed E-state index contributed by atoms with van der Waals surface area (Å²) in [5, 5.41) is 0. The van der Waals surface area contributed by atoms with Gasteiger partial charge in [-0.2, -0.15) is 0 Å². The molecular formula is C21H30O6. The first-order valence-electron chi connectivity index (χ1n) is 9.62. The van der Waals surface area contributed by atoms with Gasteiger partial charge in [0.2, 0.25) is 0 Å². The molecule has 0 saturated carbocycles. The van der Waals surface area contributed by atoms with Gasteiger partial charge < -0.3 is 14.2 Å². The summed E-state index contributed by atoms with van der Waals surface area (Å²) in [6.45, 7) is 5.00. The standard InChI is InChI=1S/C21H30O6/c1-4-5-6-7-8-9-10-11-14-25-21(24)19-15-18(26-16(2)22)12-13-20(19)27-17(3)23/h12-13,15H,4-11,14H2,1-3H3. The van der Waals surface area contributed by atoms with E-state index < -0.39 is 17.9 Å². The van der Waals surface area contributed by atoms with E-state index in [-0.39, 0.29) is 17.1 Å². The highest BCUT2D eigenvalue weighted by Gasteiger charge is 2.17. The summed E-state index contributed by atoms with van der Waals surface area (Å²) in [6, 6.07) is 4.21. The second-order valence-corrected chi connectivity index (χ2v) is 6.46. The fraction of sp³-hybridized carbons (Fsp3) is 0.571. The number of hydrogen-bond acceptors (Lipinski definition) is 6. The SMILES string of the molecule is CCCCCCCCCCOC(=O)c1cc(OC(C)=O)ccc1OC(C)=O. The molecule has 0 heterocycles. The lowest BCUT2D eigenvalue weighted by atomic mass is 10.1. The Morgan fingerprint density at radius 2 is 1.41 bits per heavy atom. The highest BCUT2D eigenvalue weighted by atomic mass is 16.6. The second-order valence-electron chi connectivity index (χ2n) is 6.46. The zero-order valence-corrected chi connectivity index (χ0v) is 16.5. The van der Waals surface area contributed by atoms with Gasteiger partial charge >= 0.3 is 17.9 Å². The molecule has 27 heavy (non-hydrogen) atoms. The lowest BCUT2D eigenvalue weighted by molar-refractivity contribution is -0.133. The van der Waals surface area contributed by atoms with Crippen molar-refractivity contribution >= 4 is 17.9 Å². The molecule has 150 valence electrons. The Morgan fingerprint density at radius 1 is 0.815 bits per heavy atom. The Balaban J connectivity index is 2.51. The Labute approximate surface area is 161 Å². The van der Waals surface area contributed by atoms with Crippen molar-refractivity contribution in [2.45, 2.75) is 72.1 Å². The molecular weight excluding hydrogens is 348 g/mol. The summed E-state index contributed by atoms with van der Waals surface area (Å²) < 4.78 is 15.3. The quantitative estimate of drug-likeness (QED) is 0.294. The summed E-state index contributed by atoms with van der Waals surface area (Å²) in [4.78, 5) is 34.6. The van der Waals surface area contributed by atoms with Crippen LogP contribution in [0.15, 0.2) is 18.2 Å². The maximum absolute atomic E-state index is 12.3. The maximum atomic E-state index is 12.3. The van der Waals surface area contributed by atoms with Gasteiger partial charge in [-0.1, -0.05) is 51.9 Å². The minimum Gasteiger partial charge on any atom is -0.462 e. The number of hydrogen-bond donors (Lipinski definition) is 0. The van der Waals surface area contributed by atoms with Crippen molar-refractivity contribution in [1.29, 1.82) is 0 Å². The number of rotatable bonds is 12. The van der Waals surface area contributed by atoms with Crippen molar-refractivity contribution in [1.82, 2.24) is 0 Å². The van der Waals surface area contributed by atoms with Crippen LogP contribution >= 0.6 is 0 Å². The molecule has 0 spiro atoms. The smallest absolute Gasteiger partial charge is 0.342 e. The number of carbonyl (C=O) groups is 3. The van der Waals surface area contributed by atoms with Gasteiger partial charge in [-0.25, -0.2) is 4.79 Å². The van der Waals surface area contributed by atoms with E-state index in [0.717, 1.165) is 19.3 Å². The van der Waals surface area contributed by atoms with E-state index in [1.54, 1.807) is 0 Å². The Hall–Kier alpha value is -2.37. The van der Waals surface area contributed by atoms with Crippen LogP contribution in [0.5, 0.6) is 11.5 Å². The van der Waals surface area contributed by atoms with E-state index in [0.29, 0.717) is 6.61 Å². The van der Waals surface area contributed by atoms with Gasteiger partial charge in [0.15, 0.2) is 0 Å². The molecule has 1 aromatic rings. The van der Waals surface area contributed by atoms with E-state index in [2.05, 4.69) is 6.92 Å². The van der Waals surface area contributed by atoms with E-state index in [1.807, 2.05) is 0 Å². The predicted octanol–water partition coefficient (Wildman–Crippen LogP) is 4.83. The number of ether oxygens (including phenoxy) is 3. The minimum absolute atomic E-state index is 0.0588. The molecule has 6 nitrogen and oxygen atoms in total. The normalized spacial score (nSPS) is 10.3. The van der Waals surface area contributed by atoms with Crippen LogP contribution in [0, 0.1) is 0 Å². The van der Waals surface area contributed by atoms with Crippen LogP contribution in [0.3, 0.4) is 0 Å². The minimum atomic E-state index is -0.608. The molecule has 0 amide bonds. The molecule has 6 heteroatoms. The lowest BCUT2D eigenvalue weighted by Gasteiger charge is -2.11. The van der Waals surface area contributed by atoms with Crippen LogP contribution in [-0.4, -0.2) is 24.5 Å². The molecule has 0 aromatic heterocycles. The topological polar surface area (TPSA) is 78.9 Å². The first-order chi connectivity index (χ1) is 12.9. The number of esters is 3. The van der Waals surface area contributed by atoms with Crippen LogP contribution in [0.1, 0.15) is 82.5 Å². The van der Waals surface area contributed by atoms with Gasteiger partial charge in [0.1, 0.15) is 17.1 Å². The summed E-state index contributed by atoms with van der Waals surface area (Å²) >= 11 is 0. The highest BCUT2D eigenvalue weighted by Crippen LogP contribution is 2.25. The lowest BCUT2D eigenvalue weighted by Crippen LogP contribution is -2.12. The summed E-state index contributed by atoms with van der Waals surface area (Å²) in [5.41, 5.74) is 0.0588. The van der Waals surface area contributed by atoms with E-state index in [4.69, 9.17) is 14.2 Å². The number of benzene rings is 1. The Bertz CT molecular complexity index is 623. The summed E-state index contributed by atoms with van der Waals surface area (Å²) in [7, 11) is 0. The monoisotopic (exact) mass is 378 g/mol. The number of carbonyl (C=O) groups excluding carboxylic acids is 3. The van der Waals surface area contributed by atoms with Crippen LogP contribution in [-0.2, 0) is 14.3 Å². The van der Waals surface area contributed by atoms with Crippen molar-refractivity contribution in [3.8, 4) is 11.5 Å². The molecule has 0 aliphatic carbocycles. The molecule has 0 unspecified atom stereocenters. The van der Waals surface area contributed by atoms with Gasteiger partial charge in [0, 0.05) is 13.8 Å². The molecule has 0 aliphatic rings. The van der Waals surface area contributed by atoms with Gasteiger partial charge in [-0.05, 0) is 24.6 Å². The zero-order valence-electron chi connectivity index (χ0n) is 16.5. The van der Waals surface area contributed by atoms with Gasteiger partial charge in [0.25, 0.3) is 0 Å². The average Bonchev–Trinajstić information content (AvgIpc) is 2.60. The molecule has 1 rings (SSSR count). The van der Waals surface area contributed by atoms with Crippen molar-refractivity contribution in [3.05, 3.63) is 23.8 Å². The molecule has 0 saturated heterocycles. The first-order valence-corrected chi connectivity index (χ1v) is 9.62. The van der Waals surface area contributed by atoms with Gasteiger partial charge in [-0.3, -0.25) is 9.59 Å². The van der Waals surface area contributed by atoms with E-state index in [9.17, 15) is 14.4 Å². The third-order valence-corrected chi connectivity index (χ3v) is 3.92. The van der Waals surface area contributed by atoms with E-state index >= 15 is 0 Å². The Kier molecular flexibility index (Phi) is 10.8. The molecule has 0 atom stereocenters. The fourth-order valence-electron chi connectivity index (χ4n) is 2.62. The zero-order chi connectivity index (χ0) is 20.1. The van der Waals surface area contributed by atoms with Crippen LogP contribution in [0.25, 0.3) is 0 Å². The predicted molar refractivity (Wildman–Crippen MR) is 102 cm³/mol. The Morgan fingerprint density at radius 3 is 2.00 bits per heavy atom.